The average molecular weight is 354 g/mol. The van der Waals surface area contributed by atoms with Gasteiger partial charge in [0.05, 0.1) is 6.54 Å². The number of fused-ring (bicyclic) bond motifs is 2. The van der Waals surface area contributed by atoms with E-state index in [4.69, 9.17) is 13.9 Å². The zero-order valence-corrected chi connectivity index (χ0v) is 14.1. The molecule has 2 amide bonds. The molecule has 1 aromatic heterocycles. The number of carbonyl (C=O) groups is 1. The number of para-hydroxylation sites is 1. The van der Waals surface area contributed by atoms with Gasteiger partial charge >= 0.3 is 6.03 Å². The molecule has 0 bridgehead atoms. The van der Waals surface area contributed by atoms with Crippen LogP contribution in [0.1, 0.15) is 12.7 Å². The lowest BCUT2D eigenvalue weighted by Crippen LogP contribution is -2.40. The largest absolute Gasteiger partial charge is 0.458 e. The molecule has 1 atom stereocenters. The summed E-state index contributed by atoms with van der Waals surface area (Å²) >= 11 is 0. The Morgan fingerprint density at radius 2 is 1.96 bits per heavy atom. The molecule has 26 heavy (non-hydrogen) atoms. The molecule has 1 unspecified atom stereocenters. The van der Waals surface area contributed by atoms with E-state index in [-0.39, 0.29) is 13.3 Å². The van der Waals surface area contributed by atoms with Crippen molar-refractivity contribution in [1.29, 1.82) is 0 Å². The second-order valence-electron chi connectivity index (χ2n) is 6.30. The molecule has 2 heterocycles. The highest BCUT2D eigenvalue weighted by Crippen LogP contribution is 2.34. The van der Waals surface area contributed by atoms with Gasteiger partial charge in [-0.05, 0) is 31.2 Å². The number of ether oxygens (including phenoxy) is 2. The summed E-state index contributed by atoms with van der Waals surface area (Å²) in [7, 11) is 0. The third-order valence-electron chi connectivity index (χ3n) is 4.18. The van der Waals surface area contributed by atoms with Crippen molar-refractivity contribution < 1.29 is 23.8 Å². The second kappa shape index (κ2) is 6.27. The first-order valence-corrected chi connectivity index (χ1v) is 8.17. The number of benzene rings is 2. The van der Waals surface area contributed by atoms with Gasteiger partial charge < -0.3 is 29.6 Å². The highest BCUT2D eigenvalue weighted by Gasteiger charge is 2.28. The average Bonchev–Trinajstić information content (AvgIpc) is 3.26. The monoisotopic (exact) mass is 354 g/mol. The number of furan rings is 1. The van der Waals surface area contributed by atoms with Crippen LogP contribution in [-0.4, -0.2) is 24.5 Å². The number of aliphatic hydroxyl groups is 1. The maximum Gasteiger partial charge on any atom is 0.319 e. The fourth-order valence-electron chi connectivity index (χ4n) is 2.74. The molecule has 3 N–H and O–H groups in total. The van der Waals surface area contributed by atoms with Gasteiger partial charge in [-0.15, -0.1) is 0 Å². The van der Waals surface area contributed by atoms with Gasteiger partial charge in [0, 0.05) is 17.1 Å². The Labute approximate surface area is 149 Å². The summed E-state index contributed by atoms with van der Waals surface area (Å²) in [5.41, 5.74) is -0.0895. The van der Waals surface area contributed by atoms with E-state index in [0.29, 0.717) is 28.5 Å². The maximum absolute atomic E-state index is 12.1. The lowest BCUT2D eigenvalue weighted by atomic mass is 10.0. The molecule has 7 heteroatoms. The molecule has 0 fully saturated rings. The Kier molecular flexibility index (Phi) is 3.93. The fourth-order valence-corrected chi connectivity index (χ4v) is 2.74. The standard InChI is InChI=1S/C19H18N2O5/c1-19(23,17-8-12-4-2-3-5-14(12)26-17)10-20-18(22)21-13-6-7-15-16(9-13)25-11-24-15/h2-9,23H,10-11H2,1H3,(H2,20,21,22). The van der Waals surface area contributed by atoms with Crippen molar-refractivity contribution in [3.63, 3.8) is 0 Å². The Morgan fingerprint density at radius 3 is 2.81 bits per heavy atom. The Morgan fingerprint density at radius 1 is 1.15 bits per heavy atom. The fraction of sp³-hybridized carbons (Fsp3) is 0.211. The molecule has 0 aliphatic carbocycles. The van der Waals surface area contributed by atoms with Crippen molar-refractivity contribution in [1.82, 2.24) is 5.32 Å². The van der Waals surface area contributed by atoms with E-state index in [0.717, 1.165) is 5.39 Å². The van der Waals surface area contributed by atoms with Crippen LogP contribution in [0.5, 0.6) is 11.5 Å². The summed E-state index contributed by atoms with van der Waals surface area (Å²) in [5.74, 6) is 1.61. The van der Waals surface area contributed by atoms with Crippen molar-refractivity contribution in [3.8, 4) is 11.5 Å². The Balaban J connectivity index is 1.40. The third kappa shape index (κ3) is 3.16. The van der Waals surface area contributed by atoms with Gasteiger partial charge in [0.25, 0.3) is 0 Å². The summed E-state index contributed by atoms with van der Waals surface area (Å²) in [6, 6.07) is 13.9. The molecule has 4 rings (SSSR count). The van der Waals surface area contributed by atoms with Crippen molar-refractivity contribution in [2.45, 2.75) is 12.5 Å². The number of hydrogen-bond acceptors (Lipinski definition) is 5. The molecule has 1 aliphatic rings. The molecule has 0 saturated heterocycles. The van der Waals surface area contributed by atoms with Crippen molar-refractivity contribution >= 4 is 22.7 Å². The van der Waals surface area contributed by atoms with Gasteiger partial charge in [-0.3, -0.25) is 0 Å². The smallest absolute Gasteiger partial charge is 0.319 e. The van der Waals surface area contributed by atoms with Crippen LogP contribution in [0, 0.1) is 0 Å². The minimum Gasteiger partial charge on any atom is -0.458 e. The first-order chi connectivity index (χ1) is 12.5. The number of rotatable bonds is 4. The summed E-state index contributed by atoms with van der Waals surface area (Å²) < 4.78 is 16.2. The first kappa shape index (κ1) is 16.3. The number of amides is 2. The van der Waals surface area contributed by atoms with Crippen molar-refractivity contribution in [2.75, 3.05) is 18.7 Å². The maximum atomic E-state index is 12.1. The SMILES string of the molecule is CC(O)(CNC(=O)Nc1ccc2c(c1)OCO2)c1cc2ccccc2o1. The Hall–Kier alpha value is -3.19. The molecular formula is C19H18N2O5. The minimum absolute atomic E-state index is 0.0107. The van der Waals surface area contributed by atoms with Gasteiger partial charge in [0.15, 0.2) is 11.5 Å². The first-order valence-electron chi connectivity index (χ1n) is 8.17. The molecule has 1 aliphatic heterocycles. The molecule has 7 nitrogen and oxygen atoms in total. The van der Waals surface area contributed by atoms with E-state index in [9.17, 15) is 9.90 Å². The second-order valence-corrected chi connectivity index (χ2v) is 6.30. The number of carbonyl (C=O) groups excluding carboxylic acids is 1. The van der Waals surface area contributed by atoms with Gasteiger partial charge in [0.2, 0.25) is 6.79 Å². The molecule has 0 radical (unpaired) electrons. The quantitative estimate of drug-likeness (QED) is 0.669. The highest BCUT2D eigenvalue weighted by atomic mass is 16.7. The number of anilines is 1. The van der Waals surface area contributed by atoms with Gasteiger partial charge in [-0.25, -0.2) is 4.79 Å². The van der Waals surface area contributed by atoms with Crippen LogP contribution >= 0.6 is 0 Å². The lowest BCUT2D eigenvalue weighted by Gasteiger charge is -2.21. The van der Waals surface area contributed by atoms with Crippen LogP contribution in [0.4, 0.5) is 10.5 Å². The summed E-state index contributed by atoms with van der Waals surface area (Å²) in [4.78, 5) is 12.1. The van der Waals surface area contributed by atoms with E-state index in [2.05, 4.69) is 10.6 Å². The lowest BCUT2D eigenvalue weighted by molar-refractivity contribution is 0.0388. The van der Waals surface area contributed by atoms with E-state index in [1.165, 1.54) is 0 Å². The van der Waals surface area contributed by atoms with Crippen LogP contribution in [0.3, 0.4) is 0 Å². The van der Waals surface area contributed by atoms with Crippen molar-refractivity contribution in [3.05, 3.63) is 54.3 Å². The van der Waals surface area contributed by atoms with E-state index >= 15 is 0 Å². The topological polar surface area (TPSA) is 93.0 Å². The molecular weight excluding hydrogens is 336 g/mol. The van der Waals surface area contributed by atoms with Gasteiger partial charge in [0.1, 0.15) is 16.9 Å². The van der Waals surface area contributed by atoms with Crippen LogP contribution in [-0.2, 0) is 5.60 Å². The molecule has 3 aromatic rings. The van der Waals surface area contributed by atoms with E-state index < -0.39 is 11.6 Å². The van der Waals surface area contributed by atoms with E-state index in [1.807, 2.05) is 24.3 Å². The highest BCUT2D eigenvalue weighted by molar-refractivity contribution is 5.89. The summed E-state index contributed by atoms with van der Waals surface area (Å²) in [5, 5.41) is 16.9. The van der Waals surface area contributed by atoms with Crippen LogP contribution in [0.15, 0.2) is 52.9 Å². The molecule has 0 spiro atoms. The molecule has 2 aromatic carbocycles. The predicted octanol–water partition coefficient (Wildman–Crippen LogP) is 3.19. The normalized spacial score (nSPS) is 14.8. The number of nitrogens with one attached hydrogen (secondary N) is 2. The predicted molar refractivity (Wildman–Crippen MR) is 95.4 cm³/mol. The van der Waals surface area contributed by atoms with Gasteiger partial charge in [-0.2, -0.15) is 0 Å². The summed E-state index contributed by atoms with van der Waals surface area (Å²) in [6.07, 6.45) is 0. The zero-order chi connectivity index (χ0) is 18.1. The Bertz CT molecular complexity index is 930. The molecule has 0 saturated carbocycles. The minimum atomic E-state index is -1.34. The van der Waals surface area contributed by atoms with Crippen LogP contribution in [0.2, 0.25) is 0 Å². The van der Waals surface area contributed by atoms with Gasteiger partial charge in [-0.1, -0.05) is 18.2 Å². The van der Waals surface area contributed by atoms with Crippen molar-refractivity contribution in [2.24, 2.45) is 0 Å². The molecule has 134 valence electrons. The number of urea groups is 1. The van der Waals surface area contributed by atoms with Crippen LogP contribution in [0.25, 0.3) is 11.0 Å². The number of hydrogen-bond donors (Lipinski definition) is 3. The van der Waals surface area contributed by atoms with E-state index in [1.54, 1.807) is 31.2 Å². The van der Waals surface area contributed by atoms with Crippen LogP contribution < -0.4 is 20.1 Å². The zero-order valence-electron chi connectivity index (χ0n) is 14.1. The summed E-state index contributed by atoms with van der Waals surface area (Å²) in [6.45, 7) is 1.75. The third-order valence-corrected chi connectivity index (χ3v) is 4.18.